The highest BCUT2D eigenvalue weighted by molar-refractivity contribution is 5.97. The second kappa shape index (κ2) is 4.92. The van der Waals surface area contributed by atoms with Crippen LogP contribution in [-0.2, 0) is 9.59 Å². The van der Waals surface area contributed by atoms with Crippen LogP contribution in [0.4, 0.5) is 0 Å². The van der Waals surface area contributed by atoms with Crippen molar-refractivity contribution in [2.75, 3.05) is 0 Å². The largest absolute Gasteiger partial charge is 0.337 e. The summed E-state index contributed by atoms with van der Waals surface area (Å²) in [5, 5.41) is 11.8. The van der Waals surface area contributed by atoms with Crippen molar-refractivity contribution in [1.29, 1.82) is 5.26 Å². The summed E-state index contributed by atoms with van der Waals surface area (Å²) >= 11 is 0. The van der Waals surface area contributed by atoms with Crippen molar-refractivity contribution in [2.45, 2.75) is 51.0 Å². The molecular weight excluding hydrogens is 192 g/mol. The van der Waals surface area contributed by atoms with Crippen LogP contribution in [0.3, 0.4) is 0 Å². The maximum Gasteiger partial charge on any atom is 0.228 e. The molecule has 4 heteroatoms. The predicted molar refractivity (Wildman–Crippen MR) is 54.9 cm³/mol. The van der Waals surface area contributed by atoms with E-state index in [1.165, 1.54) is 6.92 Å². The van der Waals surface area contributed by atoms with Crippen LogP contribution in [-0.4, -0.2) is 17.2 Å². The Bertz CT molecular complexity index is 298. The Morgan fingerprint density at radius 3 is 2.40 bits per heavy atom. The van der Waals surface area contributed by atoms with Crippen molar-refractivity contribution < 1.29 is 9.59 Å². The Balaban J connectivity index is 2.56. The highest BCUT2D eigenvalue weighted by Crippen LogP contribution is 2.27. The van der Waals surface area contributed by atoms with Crippen LogP contribution in [0.5, 0.6) is 0 Å². The molecule has 1 amide bonds. The predicted octanol–water partition coefficient (Wildman–Crippen LogP) is 1.31. The zero-order valence-corrected chi connectivity index (χ0v) is 9.01. The molecule has 0 aromatic carbocycles. The molecule has 1 aliphatic carbocycles. The third-order valence-electron chi connectivity index (χ3n) is 2.71. The minimum absolute atomic E-state index is 0.122. The fraction of sp³-hybridized carbons (Fsp3) is 0.727. The molecule has 0 saturated heterocycles. The first kappa shape index (κ1) is 11.7. The number of nitriles is 1. The fourth-order valence-electron chi connectivity index (χ4n) is 1.96. The van der Waals surface area contributed by atoms with E-state index in [9.17, 15) is 9.59 Å². The lowest BCUT2D eigenvalue weighted by atomic mass is 9.83. The number of rotatable bonds is 3. The van der Waals surface area contributed by atoms with Gasteiger partial charge in [-0.25, -0.2) is 0 Å². The van der Waals surface area contributed by atoms with Crippen LogP contribution in [0.25, 0.3) is 0 Å². The molecule has 82 valence electrons. The molecule has 0 spiro atoms. The first-order valence-corrected chi connectivity index (χ1v) is 5.30. The van der Waals surface area contributed by atoms with Gasteiger partial charge < -0.3 is 5.32 Å². The van der Waals surface area contributed by atoms with Crippen LogP contribution in [0.1, 0.15) is 45.4 Å². The van der Waals surface area contributed by atoms with Gasteiger partial charge in [-0.15, -0.1) is 0 Å². The fourth-order valence-corrected chi connectivity index (χ4v) is 1.96. The molecule has 1 aliphatic rings. The van der Waals surface area contributed by atoms with E-state index < -0.39 is 5.54 Å². The highest BCUT2D eigenvalue weighted by Gasteiger charge is 2.33. The number of hydrogen-bond acceptors (Lipinski definition) is 3. The minimum atomic E-state index is -0.717. The molecule has 0 aromatic rings. The smallest absolute Gasteiger partial charge is 0.228 e. The second-order valence-corrected chi connectivity index (χ2v) is 4.18. The van der Waals surface area contributed by atoms with E-state index in [4.69, 9.17) is 5.26 Å². The number of ketones is 1. The number of carbonyl (C=O) groups is 2. The van der Waals surface area contributed by atoms with Crippen molar-refractivity contribution in [3.05, 3.63) is 0 Å². The van der Waals surface area contributed by atoms with Crippen molar-refractivity contribution in [1.82, 2.24) is 5.32 Å². The van der Waals surface area contributed by atoms with Crippen LogP contribution in [0, 0.1) is 11.3 Å². The summed E-state index contributed by atoms with van der Waals surface area (Å²) in [7, 11) is 0. The maximum atomic E-state index is 11.4. The molecule has 0 unspecified atom stereocenters. The Morgan fingerprint density at radius 1 is 1.33 bits per heavy atom. The Hall–Kier alpha value is -1.37. The summed E-state index contributed by atoms with van der Waals surface area (Å²) in [5.41, 5.74) is -0.717. The van der Waals surface area contributed by atoms with E-state index in [0.29, 0.717) is 12.8 Å². The standard InChI is InChI=1S/C11H16N2O2/c1-9(14)7-10(15)13-11(8-12)5-3-2-4-6-11/h2-7H2,1H3,(H,13,15). The number of carbonyl (C=O) groups excluding carboxylic acids is 2. The van der Waals surface area contributed by atoms with Crippen LogP contribution in [0.15, 0.2) is 0 Å². The molecule has 0 aliphatic heterocycles. The van der Waals surface area contributed by atoms with E-state index in [1.807, 2.05) is 0 Å². The van der Waals surface area contributed by atoms with Crippen molar-refractivity contribution in [3.8, 4) is 6.07 Å². The van der Waals surface area contributed by atoms with Crippen LogP contribution in [0.2, 0.25) is 0 Å². The maximum absolute atomic E-state index is 11.4. The minimum Gasteiger partial charge on any atom is -0.337 e. The van der Waals surface area contributed by atoms with E-state index in [0.717, 1.165) is 19.3 Å². The van der Waals surface area contributed by atoms with Crippen LogP contribution < -0.4 is 5.32 Å². The lowest BCUT2D eigenvalue weighted by Crippen LogP contribution is -2.48. The molecule has 0 radical (unpaired) electrons. The lowest BCUT2D eigenvalue weighted by Gasteiger charge is -2.31. The number of hydrogen-bond donors (Lipinski definition) is 1. The van der Waals surface area contributed by atoms with Gasteiger partial charge in [0.1, 0.15) is 11.3 Å². The van der Waals surface area contributed by atoms with E-state index in [-0.39, 0.29) is 18.1 Å². The number of Topliss-reactive ketones (excluding diaryl/α,β-unsaturated/α-hetero) is 1. The molecule has 1 saturated carbocycles. The average molecular weight is 208 g/mol. The highest BCUT2D eigenvalue weighted by atomic mass is 16.2. The quantitative estimate of drug-likeness (QED) is 0.711. The van der Waals surface area contributed by atoms with Crippen molar-refractivity contribution in [2.24, 2.45) is 0 Å². The van der Waals surface area contributed by atoms with Gasteiger partial charge in [-0.1, -0.05) is 19.3 Å². The summed E-state index contributed by atoms with van der Waals surface area (Å²) in [4.78, 5) is 22.1. The average Bonchev–Trinajstić information content (AvgIpc) is 2.17. The molecule has 1 N–H and O–H groups in total. The lowest BCUT2D eigenvalue weighted by molar-refractivity contribution is -0.128. The molecule has 1 rings (SSSR count). The van der Waals surface area contributed by atoms with Gasteiger partial charge in [0.15, 0.2) is 0 Å². The SMILES string of the molecule is CC(=O)CC(=O)NC1(C#N)CCCCC1. The first-order valence-electron chi connectivity index (χ1n) is 5.30. The van der Waals surface area contributed by atoms with Gasteiger partial charge in [-0.3, -0.25) is 9.59 Å². The summed E-state index contributed by atoms with van der Waals surface area (Å²) < 4.78 is 0. The molecule has 0 heterocycles. The third-order valence-corrected chi connectivity index (χ3v) is 2.71. The van der Waals surface area contributed by atoms with E-state index in [1.54, 1.807) is 0 Å². The van der Waals surface area contributed by atoms with Gasteiger partial charge in [-0.05, 0) is 19.8 Å². The zero-order valence-electron chi connectivity index (χ0n) is 9.01. The van der Waals surface area contributed by atoms with Crippen molar-refractivity contribution >= 4 is 11.7 Å². The van der Waals surface area contributed by atoms with E-state index in [2.05, 4.69) is 11.4 Å². The molecule has 1 fully saturated rings. The zero-order chi connectivity index (χ0) is 11.3. The third kappa shape index (κ3) is 3.35. The molecule has 0 atom stereocenters. The normalized spacial score (nSPS) is 18.9. The molecule has 0 aromatic heterocycles. The number of amides is 1. The summed E-state index contributed by atoms with van der Waals surface area (Å²) in [6, 6.07) is 2.18. The van der Waals surface area contributed by atoms with Gasteiger partial charge in [0.2, 0.25) is 5.91 Å². The van der Waals surface area contributed by atoms with Gasteiger partial charge in [0.05, 0.1) is 12.5 Å². The second-order valence-electron chi connectivity index (χ2n) is 4.18. The Labute approximate surface area is 89.6 Å². The number of nitrogens with one attached hydrogen (secondary N) is 1. The summed E-state index contributed by atoms with van der Waals surface area (Å²) in [5.74, 6) is -0.498. The van der Waals surface area contributed by atoms with Gasteiger partial charge in [-0.2, -0.15) is 5.26 Å². The molecule has 15 heavy (non-hydrogen) atoms. The summed E-state index contributed by atoms with van der Waals surface area (Å²) in [6.07, 6.45) is 4.33. The molecular formula is C11H16N2O2. The van der Waals surface area contributed by atoms with Crippen LogP contribution >= 0.6 is 0 Å². The first-order chi connectivity index (χ1) is 7.08. The van der Waals surface area contributed by atoms with E-state index >= 15 is 0 Å². The number of nitrogens with zero attached hydrogens (tertiary/aromatic N) is 1. The Morgan fingerprint density at radius 2 is 1.93 bits per heavy atom. The van der Waals surface area contributed by atoms with Gasteiger partial charge in [0, 0.05) is 0 Å². The summed E-state index contributed by atoms with van der Waals surface area (Å²) in [6.45, 7) is 1.37. The molecule has 4 nitrogen and oxygen atoms in total. The topological polar surface area (TPSA) is 70.0 Å². The monoisotopic (exact) mass is 208 g/mol. The molecule has 0 bridgehead atoms. The van der Waals surface area contributed by atoms with Crippen molar-refractivity contribution in [3.63, 3.8) is 0 Å². The Kier molecular flexibility index (Phi) is 3.84. The van der Waals surface area contributed by atoms with Gasteiger partial charge in [0.25, 0.3) is 0 Å². The van der Waals surface area contributed by atoms with Gasteiger partial charge >= 0.3 is 0 Å².